The molecule has 0 aliphatic heterocycles. The van der Waals surface area contributed by atoms with Crippen LogP contribution in [0.3, 0.4) is 0 Å². The van der Waals surface area contributed by atoms with Gasteiger partial charge in [0.05, 0.1) is 0 Å². The number of aromatic nitrogens is 1. The maximum Gasteiger partial charge on any atom is 0.177 e. The van der Waals surface area contributed by atoms with E-state index in [-0.39, 0.29) is 5.75 Å². The maximum absolute atomic E-state index is 9.98. The summed E-state index contributed by atoms with van der Waals surface area (Å²) in [4.78, 5) is 4.16. The van der Waals surface area contributed by atoms with Gasteiger partial charge in [-0.25, -0.2) is 4.98 Å². The molecular weight excluding hydrogens is 250 g/mol. The van der Waals surface area contributed by atoms with Crippen molar-refractivity contribution >= 4 is 22.3 Å². The highest BCUT2D eigenvalue weighted by molar-refractivity contribution is 5.95. The molecule has 4 nitrogen and oxygen atoms in total. The molecule has 0 unspecified atom stereocenters. The molecule has 0 saturated carbocycles. The molecule has 1 aromatic heterocycles. The topological polar surface area (TPSA) is 57.8 Å². The van der Waals surface area contributed by atoms with Crippen LogP contribution >= 0.6 is 0 Å². The minimum atomic E-state index is 0.112. The summed E-state index contributed by atoms with van der Waals surface area (Å²) < 4.78 is 0. The van der Waals surface area contributed by atoms with Crippen molar-refractivity contribution in [3.63, 3.8) is 0 Å². The summed E-state index contributed by atoms with van der Waals surface area (Å²) >= 11 is 0. The molecule has 3 aromatic rings. The molecule has 20 heavy (non-hydrogen) atoms. The molecular formula is C16H13N3O. The van der Waals surface area contributed by atoms with Gasteiger partial charge in [0.1, 0.15) is 11.4 Å². The first kappa shape index (κ1) is 12.3. The molecule has 0 saturated heterocycles. The Morgan fingerprint density at radius 1 is 0.950 bits per heavy atom. The number of azo groups is 1. The van der Waals surface area contributed by atoms with Crippen molar-refractivity contribution in [2.45, 2.75) is 6.92 Å². The highest BCUT2D eigenvalue weighted by Crippen LogP contribution is 2.35. The lowest BCUT2D eigenvalue weighted by Gasteiger charge is -2.03. The second-order valence-corrected chi connectivity index (χ2v) is 4.50. The second-order valence-electron chi connectivity index (χ2n) is 4.50. The largest absolute Gasteiger partial charge is 0.506 e. The second kappa shape index (κ2) is 5.09. The number of fused-ring (bicyclic) bond motifs is 1. The van der Waals surface area contributed by atoms with Crippen molar-refractivity contribution in [1.82, 2.24) is 4.98 Å². The Morgan fingerprint density at radius 2 is 1.80 bits per heavy atom. The summed E-state index contributed by atoms with van der Waals surface area (Å²) in [5, 5.41) is 20.2. The van der Waals surface area contributed by atoms with Gasteiger partial charge in [0.15, 0.2) is 5.82 Å². The molecule has 0 atom stereocenters. The van der Waals surface area contributed by atoms with Gasteiger partial charge in [-0.3, -0.25) is 0 Å². The number of phenols is 1. The van der Waals surface area contributed by atoms with Crippen molar-refractivity contribution in [2.75, 3.05) is 0 Å². The van der Waals surface area contributed by atoms with Crippen LogP contribution in [0.1, 0.15) is 5.56 Å². The lowest BCUT2D eigenvalue weighted by Crippen LogP contribution is -1.78. The highest BCUT2D eigenvalue weighted by atomic mass is 16.3. The Labute approximate surface area is 116 Å². The van der Waals surface area contributed by atoms with E-state index in [1.807, 2.05) is 49.4 Å². The minimum absolute atomic E-state index is 0.112. The number of nitrogens with zero attached hydrogens (tertiary/aromatic N) is 3. The van der Waals surface area contributed by atoms with Gasteiger partial charge in [-0.1, -0.05) is 36.4 Å². The predicted octanol–water partition coefficient (Wildman–Crippen LogP) is 4.66. The van der Waals surface area contributed by atoms with Crippen LogP contribution in [0.4, 0.5) is 11.5 Å². The quantitative estimate of drug-likeness (QED) is 0.683. The average Bonchev–Trinajstić information content (AvgIpc) is 2.48. The summed E-state index contributed by atoms with van der Waals surface area (Å²) in [7, 11) is 0. The van der Waals surface area contributed by atoms with Gasteiger partial charge in [0.2, 0.25) is 0 Å². The SMILES string of the molecule is Cc1cccnc1/N=N/c1c(O)ccc2ccccc12. The van der Waals surface area contributed by atoms with Crippen LogP contribution in [0.5, 0.6) is 5.75 Å². The standard InChI is InChI=1S/C16H13N3O/c1-11-5-4-10-17-16(11)19-18-15-13-7-3-2-6-12(13)8-9-14(15)20/h2-10,20H,1H3/b19-18+. The third kappa shape index (κ3) is 2.23. The highest BCUT2D eigenvalue weighted by Gasteiger charge is 2.06. The van der Waals surface area contributed by atoms with Crippen molar-refractivity contribution in [3.8, 4) is 5.75 Å². The van der Waals surface area contributed by atoms with Crippen LogP contribution in [0, 0.1) is 6.92 Å². The predicted molar refractivity (Wildman–Crippen MR) is 78.8 cm³/mol. The van der Waals surface area contributed by atoms with Gasteiger partial charge in [0, 0.05) is 11.6 Å². The summed E-state index contributed by atoms with van der Waals surface area (Å²) in [5.74, 6) is 0.667. The molecule has 3 rings (SSSR count). The smallest absolute Gasteiger partial charge is 0.177 e. The van der Waals surface area contributed by atoms with Crippen molar-refractivity contribution < 1.29 is 5.11 Å². The Balaban J connectivity index is 2.11. The Morgan fingerprint density at radius 3 is 2.65 bits per heavy atom. The molecule has 0 radical (unpaired) electrons. The lowest BCUT2D eigenvalue weighted by molar-refractivity contribution is 0.477. The monoisotopic (exact) mass is 263 g/mol. The van der Waals surface area contributed by atoms with Crippen molar-refractivity contribution in [3.05, 3.63) is 60.3 Å². The Bertz CT molecular complexity index is 797. The first-order chi connectivity index (χ1) is 9.75. The number of pyridine rings is 1. The number of rotatable bonds is 2. The number of phenolic OH excluding ortho intramolecular Hbond substituents is 1. The van der Waals surface area contributed by atoms with E-state index < -0.39 is 0 Å². The Kier molecular flexibility index (Phi) is 3.13. The van der Waals surface area contributed by atoms with Gasteiger partial charge >= 0.3 is 0 Å². The molecule has 0 fully saturated rings. The maximum atomic E-state index is 9.98. The van der Waals surface area contributed by atoms with Gasteiger partial charge in [-0.05, 0) is 30.0 Å². The number of hydrogen-bond donors (Lipinski definition) is 1. The van der Waals surface area contributed by atoms with E-state index in [1.165, 1.54) is 0 Å². The fourth-order valence-electron chi connectivity index (χ4n) is 2.03. The van der Waals surface area contributed by atoms with Crippen LogP contribution in [-0.2, 0) is 0 Å². The van der Waals surface area contributed by atoms with E-state index in [9.17, 15) is 5.11 Å². The third-order valence-corrected chi connectivity index (χ3v) is 3.11. The normalized spacial score (nSPS) is 11.2. The Hall–Kier alpha value is -2.75. The zero-order valence-electron chi connectivity index (χ0n) is 11.0. The van der Waals surface area contributed by atoms with Gasteiger partial charge in [-0.15, -0.1) is 10.2 Å². The molecule has 4 heteroatoms. The molecule has 0 aliphatic rings. The van der Waals surface area contributed by atoms with Crippen LogP contribution in [0.2, 0.25) is 0 Å². The molecule has 2 aromatic carbocycles. The summed E-state index contributed by atoms with van der Waals surface area (Å²) in [6.07, 6.45) is 1.67. The number of hydrogen-bond acceptors (Lipinski definition) is 4. The van der Waals surface area contributed by atoms with Crippen LogP contribution in [-0.4, -0.2) is 10.1 Å². The van der Waals surface area contributed by atoms with Crippen LogP contribution in [0.15, 0.2) is 65.0 Å². The van der Waals surface area contributed by atoms with Gasteiger partial charge < -0.3 is 5.11 Å². The third-order valence-electron chi connectivity index (χ3n) is 3.11. The van der Waals surface area contributed by atoms with Gasteiger partial charge in [0.25, 0.3) is 0 Å². The molecule has 1 heterocycles. The van der Waals surface area contributed by atoms with E-state index in [4.69, 9.17) is 0 Å². The first-order valence-corrected chi connectivity index (χ1v) is 6.30. The van der Waals surface area contributed by atoms with E-state index in [1.54, 1.807) is 12.3 Å². The van der Waals surface area contributed by atoms with Crippen molar-refractivity contribution in [1.29, 1.82) is 0 Å². The fourth-order valence-corrected chi connectivity index (χ4v) is 2.03. The summed E-state index contributed by atoms with van der Waals surface area (Å²) in [6, 6.07) is 15.0. The fraction of sp³-hybridized carbons (Fsp3) is 0.0625. The lowest BCUT2D eigenvalue weighted by atomic mass is 10.1. The number of aryl methyl sites for hydroxylation is 1. The zero-order chi connectivity index (χ0) is 13.9. The van der Waals surface area contributed by atoms with Crippen LogP contribution in [0.25, 0.3) is 10.8 Å². The first-order valence-electron chi connectivity index (χ1n) is 6.30. The van der Waals surface area contributed by atoms with E-state index >= 15 is 0 Å². The molecule has 0 spiro atoms. The molecule has 1 N–H and O–H groups in total. The molecule has 0 bridgehead atoms. The average molecular weight is 263 g/mol. The number of benzene rings is 2. The summed E-state index contributed by atoms with van der Waals surface area (Å²) in [6.45, 7) is 1.92. The summed E-state index contributed by atoms with van der Waals surface area (Å²) in [5.41, 5.74) is 1.41. The van der Waals surface area contributed by atoms with Crippen LogP contribution < -0.4 is 0 Å². The van der Waals surface area contributed by atoms with E-state index in [0.717, 1.165) is 16.3 Å². The zero-order valence-corrected chi connectivity index (χ0v) is 11.0. The van der Waals surface area contributed by atoms with E-state index in [0.29, 0.717) is 11.5 Å². The van der Waals surface area contributed by atoms with Gasteiger partial charge in [-0.2, -0.15) is 0 Å². The molecule has 0 aliphatic carbocycles. The minimum Gasteiger partial charge on any atom is -0.506 e. The number of aromatic hydroxyl groups is 1. The molecule has 98 valence electrons. The molecule has 0 amide bonds. The van der Waals surface area contributed by atoms with Crippen molar-refractivity contribution in [2.24, 2.45) is 10.2 Å². The van der Waals surface area contributed by atoms with E-state index in [2.05, 4.69) is 15.2 Å².